The molecule has 2 aromatic carbocycles. The van der Waals surface area contributed by atoms with Crippen LogP contribution in [0.4, 0.5) is 0 Å². The molecule has 66 heavy (non-hydrogen) atoms. The Balaban J connectivity index is 1.68. The van der Waals surface area contributed by atoms with Crippen LogP contribution < -0.4 is 0 Å². The van der Waals surface area contributed by atoms with Gasteiger partial charge in [0.05, 0.1) is 33.8 Å². The maximum Gasteiger partial charge on any atom is 0.0769 e. The number of nitrogens with one attached hydrogen (secondary N) is 2. The van der Waals surface area contributed by atoms with E-state index in [1.807, 2.05) is 0 Å². The second-order valence-electron chi connectivity index (χ2n) is 19.2. The number of H-pyrrole nitrogens is 2. The van der Waals surface area contributed by atoms with E-state index in [4.69, 9.17) is 9.97 Å². The predicted molar refractivity (Wildman–Crippen MR) is 295 cm³/mol. The van der Waals surface area contributed by atoms with Crippen LogP contribution in [0.1, 0.15) is 202 Å². The molecule has 0 atom stereocenters. The molecule has 0 amide bonds. The van der Waals surface area contributed by atoms with Crippen molar-refractivity contribution in [1.82, 2.24) is 19.9 Å². The van der Waals surface area contributed by atoms with Gasteiger partial charge in [-0.1, -0.05) is 161 Å². The van der Waals surface area contributed by atoms with Gasteiger partial charge >= 0.3 is 0 Å². The zero-order valence-electron chi connectivity index (χ0n) is 41.6. The first-order valence-electron chi connectivity index (χ1n) is 25.8. The van der Waals surface area contributed by atoms with Crippen LogP contribution in [0, 0.1) is 13.8 Å². The van der Waals surface area contributed by atoms with Crippen molar-refractivity contribution in [1.29, 1.82) is 0 Å². The van der Waals surface area contributed by atoms with Crippen molar-refractivity contribution in [2.75, 3.05) is 0 Å². The molecule has 0 saturated carbocycles. The molecule has 2 aliphatic heterocycles. The van der Waals surface area contributed by atoms with Crippen molar-refractivity contribution < 1.29 is 0 Å². The Morgan fingerprint density at radius 2 is 0.773 bits per heavy atom. The van der Waals surface area contributed by atoms with Gasteiger partial charge in [-0.05, 0) is 171 Å². The highest BCUT2D eigenvalue weighted by molar-refractivity contribution is 9.10. The Labute approximate surface area is 414 Å². The number of hydrogen-bond donors (Lipinski definition) is 2. The van der Waals surface area contributed by atoms with Crippen LogP contribution in [0.2, 0.25) is 0 Å². The van der Waals surface area contributed by atoms with Crippen molar-refractivity contribution in [3.8, 4) is 22.3 Å². The van der Waals surface area contributed by atoms with E-state index in [2.05, 4.69) is 158 Å². The largest absolute Gasteiger partial charge is 0.354 e. The smallest absolute Gasteiger partial charge is 0.0769 e. The highest BCUT2D eigenvalue weighted by atomic mass is 79.9. The molecular formula is C60H76Br2N4. The van der Waals surface area contributed by atoms with Gasteiger partial charge in [0.25, 0.3) is 0 Å². The van der Waals surface area contributed by atoms with Crippen molar-refractivity contribution in [2.24, 2.45) is 0 Å². The molecule has 2 N–H and O–H groups in total. The zero-order chi connectivity index (χ0) is 46.7. The van der Waals surface area contributed by atoms with Crippen LogP contribution in [-0.2, 0) is 12.8 Å². The van der Waals surface area contributed by atoms with Crippen LogP contribution in [0.25, 0.3) is 66.6 Å². The fourth-order valence-corrected chi connectivity index (χ4v) is 11.0. The molecule has 4 nitrogen and oxygen atoms in total. The van der Waals surface area contributed by atoms with E-state index in [1.54, 1.807) is 0 Å². The molecule has 5 aromatic rings. The van der Waals surface area contributed by atoms with Crippen LogP contribution in [0.3, 0.4) is 0 Å². The molecule has 3 aromatic heterocycles. The zero-order valence-corrected chi connectivity index (χ0v) is 44.7. The monoisotopic (exact) mass is 1010 g/mol. The predicted octanol–water partition coefficient (Wildman–Crippen LogP) is 19.8. The summed E-state index contributed by atoms with van der Waals surface area (Å²) in [5.74, 6) is 0. The topological polar surface area (TPSA) is 57.4 Å². The third kappa shape index (κ3) is 11.3. The van der Waals surface area contributed by atoms with Gasteiger partial charge in [0.2, 0.25) is 0 Å². The maximum atomic E-state index is 5.81. The Bertz CT molecular complexity index is 2550. The molecular weight excluding hydrogens is 936 g/mol. The molecule has 5 heterocycles. The van der Waals surface area contributed by atoms with Crippen molar-refractivity contribution in [2.45, 2.75) is 184 Å². The molecule has 350 valence electrons. The Kier molecular flexibility index (Phi) is 18.0. The van der Waals surface area contributed by atoms with E-state index in [-0.39, 0.29) is 0 Å². The summed E-state index contributed by atoms with van der Waals surface area (Å²) in [5, 5.41) is 0. The van der Waals surface area contributed by atoms with E-state index in [9.17, 15) is 0 Å². The van der Waals surface area contributed by atoms with Crippen LogP contribution >= 0.6 is 31.9 Å². The number of rotatable bonds is 22. The fourth-order valence-electron chi connectivity index (χ4n) is 10.5. The summed E-state index contributed by atoms with van der Waals surface area (Å²) >= 11 is 7.54. The summed E-state index contributed by atoms with van der Waals surface area (Å²) in [5.41, 5.74) is 24.7. The summed E-state index contributed by atoms with van der Waals surface area (Å²) in [4.78, 5) is 19.9. The molecule has 2 aliphatic rings. The number of aryl methyl sites for hydroxylation is 4. The van der Waals surface area contributed by atoms with Gasteiger partial charge in [-0.25, -0.2) is 9.97 Å². The normalized spacial score (nSPS) is 12.9. The van der Waals surface area contributed by atoms with E-state index >= 15 is 0 Å². The van der Waals surface area contributed by atoms with E-state index < -0.39 is 0 Å². The van der Waals surface area contributed by atoms with Crippen molar-refractivity contribution >= 4 is 76.2 Å². The molecule has 7 rings (SSSR count). The van der Waals surface area contributed by atoms with Gasteiger partial charge in [0, 0.05) is 31.1 Å². The number of allylic oxidation sites excluding steroid dienone is 4. The molecule has 8 bridgehead atoms. The molecule has 0 fully saturated rings. The number of aromatic amines is 2. The minimum atomic E-state index is 1.01. The molecule has 0 aliphatic carbocycles. The summed E-state index contributed by atoms with van der Waals surface area (Å²) in [7, 11) is 0. The van der Waals surface area contributed by atoms with Gasteiger partial charge in [-0.15, -0.1) is 0 Å². The van der Waals surface area contributed by atoms with E-state index in [0.717, 1.165) is 94.2 Å². The van der Waals surface area contributed by atoms with E-state index in [1.165, 1.54) is 155 Å². The number of fused-ring (bicyclic) bond motifs is 8. The number of halogens is 2. The SMILES string of the molecule is CCCCCCC1=C(C)c2nc1cc1[nH]c(c(C)c1CCCCCC)c(-c1ccc(Br)cc1)c1[nH]c(cc3nc(c2-c2ccc(Br)cc2)C(C)=C3CCCCCC)c(CCCCCC)c1C. The van der Waals surface area contributed by atoms with Crippen LogP contribution in [-0.4, -0.2) is 19.9 Å². The third-order valence-corrected chi connectivity index (χ3v) is 15.5. The number of unbranched alkanes of at least 4 members (excludes halogenated alkanes) is 12. The van der Waals surface area contributed by atoms with Gasteiger partial charge in [-0.3, -0.25) is 0 Å². The molecule has 6 heteroatoms. The summed E-state index contributed by atoms with van der Waals surface area (Å²) < 4.78 is 2.16. The number of hydrogen-bond acceptors (Lipinski definition) is 2. The average Bonchev–Trinajstić information content (AvgIpc) is 3.99. The Morgan fingerprint density at radius 1 is 0.424 bits per heavy atom. The lowest BCUT2D eigenvalue weighted by Gasteiger charge is -2.11. The maximum absolute atomic E-state index is 5.81. The Morgan fingerprint density at radius 3 is 1.14 bits per heavy atom. The number of aromatic nitrogens is 4. The van der Waals surface area contributed by atoms with Crippen LogP contribution in [0.5, 0.6) is 0 Å². The minimum absolute atomic E-state index is 1.01. The van der Waals surface area contributed by atoms with Gasteiger partial charge in [-0.2, -0.15) is 0 Å². The lowest BCUT2D eigenvalue weighted by atomic mass is 9.92. The molecule has 0 spiro atoms. The Hall–Kier alpha value is -4.00. The summed E-state index contributed by atoms with van der Waals surface area (Å²) in [6, 6.07) is 22.7. The molecule has 0 unspecified atom stereocenters. The summed E-state index contributed by atoms with van der Waals surface area (Å²) in [6.45, 7) is 18.6. The van der Waals surface area contributed by atoms with Crippen molar-refractivity contribution in [3.63, 3.8) is 0 Å². The second kappa shape index (κ2) is 23.8. The first-order chi connectivity index (χ1) is 32.1. The number of benzene rings is 2. The third-order valence-electron chi connectivity index (χ3n) is 14.4. The van der Waals surface area contributed by atoms with Gasteiger partial charge in [0.15, 0.2) is 0 Å². The lowest BCUT2D eigenvalue weighted by molar-refractivity contribution is 0.667. The second-order valence-corrected chi connectivity index (χ2v) is 21.1. The first-order valence-corrected chi connectivity index (χ1v) is 27.4. The van der Waals surface area contributed by atoms with Crippen LogP contribution in [0.15, 0.2) is 69.6 Å². The number of nitrogens with zero attached hydrogens (tertiary/aromatic N) is 2. The average molecular weight is 1010 g/mol. The molecule has 0 saturated heterocycles. The first kappa shape index (κ1) is 49.9. The fraction of sp³-hybridized carbons (Fsp3) is 0.467. The minimum Gasteiger partial charge on any atom is -0.354 e. The summed E-state index contributed by atoms with van der Waals surface area (Å²) in [6.07, 6.45) is 23.5. The lowest BCUT2D eigenvalue weighted by Crippen LogP contribution is -1.93. The van der Waals surface area contributed by atoms with Crippen molar-refractivity contribution in [3.05, 3.63) is 115 Å². The standard InChI is InChI=1S/C60H76Br2N4/c1-9-13-17-21-25-47-39(5)57-55(43-29-33-45(61)34-30-43)58-41(7)49(27-23-19-15-11-3)53(65-58)38-54-50(28-24-20-16-12-4)42(8)60(66-54)56(44-31-35-46(62)36-32-44)59-40(6)48(26-22-18-14-10-2)52(64-59)37-51(47)63-57/h29-38,63,65H,9-28H2,1-8H3. The highest BCUT2D eigenvalue weighted by Gasteiger charge is 2.28. The van der Waals surface area contributed by atoms with Gasteiger partial charge < -0.3 is 9.97 Å². The van der Waals surface area contributed by atoms with Gasteiger partial charge in [0.1, 0.15) is 0 Å². The highest BCUT2D eigenvalue weighted by Crippen LogP contribution is 2.45. The quantitative estimate of drug-likeness (QED) is 0.0679. The molecule has 0 radical (unpaired) electrons. The van der Waals surface area contributed by atoms with E-state index in [0.29, 0.717) is 0 Å².